The summed E-state index contributed by atoms with van der Waals surface area (Å²) in [6.07, 6.45) is 0.237. The van der Waals surface area contributed by atoms with Gasteiger partial charge in [-0.1, -0.05) is 0 Å². The molecule has 7 heteroatoms. The molecule has 2 rings (SSSR count). The maximum atomic E-state index is 9.41. The summed E-state index contributed by atoms with van der Waals surface area (Å²) in [5.74, 6) is 0.228. The largest absolute Gasteiger partial charge is 0.393 e. The van der Waals surface area contributed by atoms with E-state index >= 15 is 0 Å². The highest BCUT2D eigenvalue weighted by atomic mass is 16.3. The summed E-state index contributed by atoms with van der Waals surface area (Å²) in [6.45, 7) is -0.411. The molecule has 0 aliphatic carbocycles. The number of hydrogen-bond acceptors (Lipinski definition) is 6. The number of aliphatic hydroxyl groups excluding tert-OH is 2. The molecule has 2 aromatic rings. The third-order valence-electron chi connectivity index (χ3n) is 1.91. The van der Waals surface area contributed by atoms with Gasteiger partial charge in [-0.05, 0) is 0 Å². The molecule has 14 heavy (non-hydrogen) atoms. The fraction of sp³-hybridized carbons (Fsp3) is 0.286. The van der Waals surface area contributed by atoms with Crippen LogP contribution in [-0.4, -0.2) is 37.0 Å². The van der Waals surface area contributed by atoms with Crippen LogP contribution in [0.4, 0.5) is 5.82 Å². The number of nitrogen functional groups attached to an aromatic ring is 1. The Morgan fingerprint density at radius 3 is 3.00 bits per heavy atom. The summed E-state index contributed by atoms with van der Waals surface area (Å²) in [6, 6.07) is 0. The van der Waals surface area contributed by atoms with Gasteiger partial charge in [0.05, 0.1) is 17.7 Å². The van der Waals surface area contributed by atoms with Gasteiger partial charge >= 0.3 is 0 Å². The average Bonchev–Trinajstić information content (AvgIpc) is 2.62. The van der Waals surface area contributed by atoms with E-state index in [2.05, 4.69) is 20.2 Å². The Morgan fingerprint density at radius 2 is 2.29 bits per heavy atom. The molecule has 1 unspecified atom stereocenters. The van der Waals surface area contributed by atoms with E-state index < -0.39 is 12.7 Å². The van der Waals surface area contributed by atoms with Gasteiger partial charge < -0.3 is 15.9 Å². The first kappa shape index (κ1) is 8.85. The highest BCUT2D eigenvalue weighted by Gasteiger charge is 2.16. The topological polar surface area (TPSA) is 121 Å². The zero-order valence-electron chi connectivity index (χ0n) is 7.18. The van der Waals surface area contributed by atoms with Gasteiger partial charge in [0.1, 0.15) is 18.2 Å². The van der Waals surface area contributed by atoms with Gasteiger partial charge in [0.25, 0.3) is 0 Å². The molecule has 2 heterocycles. The van der Waals surface area contributed by atoms with Crippen LogP contribution in [0, 0.1) is 0 Å². The molecule has 0 aromatic carbocycles. The number of nitrogens with two attached hydrogens (primary N) is 1. The maximum Gasteiger partial charge on any atom is 0.186 e. The molecule has 0 fully saturated rings. The van der Waals surface area contributed by atoms with E-state index in [1.54, 1.807) is 0 Å². The Morgan fingerprint density at radius 1 is 1.50 bits per heavy atom. The zero-order chi connectivity index (χ0) is 10.1. The minimum absolute atomic E-state index is 0.228. The van der Waals surface area contributed by atoms with Crippen LogP contribution in [0.5, 0.6) is 0 Å². The van der Waals surface area contributed by atoms with Gasteiger partial charge in [0.2, 0.25) is 0 Å². The first-order valence-electron chi connectivity index (χ1n) is 3.97. The van der Waals surface area contributed by atoms with Crippen LogP contribution < -0.4 is 5.73 Å². The normalized spacial score (nSPS) is 13.3. The summed E-state index contributed by atoms with van der Waals surface area (Å²) < 4.78 is 0. The third-order valence-corrected chi connectivity index (χ3v) is 1.91. The molecule has 5 N–H and O–H groups in total. The maximum absolute atomic E-state index is 9.41. The van der Waals surface area contributed by atoms with Gasteiger partial charge in [-0.15, -0.1) is 0 Å². The minimum Gasteiger partial charge on any atom is -0.393 e. The molecule has 0 amide bonds. The second kappa shape index (κ2) is 3.20. The molecule has 74 valence electrons. The monoisotopic (exact) mass is 195 g/mol. The lowest BCUT2D eigenvalue weighted by molar-refractivity contribution is 0.0933. The molecule has 0 radical (unpaired) electrons. The molecule has 0 saturated heterocycles. The van der Waals surface area contributed by atoms with Crippen molar-refractivity contribution >= 4 is 16.9 Å². The van der Waals surface area contributed by atoms with Crippen molar-refractivity contribution in [3.05, 3.63) is 12.0 Å². The lowest BCUT2D eigenvalue weighted by atomic mass is 10.2. The van der Waals surface area contributed by atoms with Crippen molar-refractivity contribution in [3.63, 3.8) is 0 Å². The number of fused-ring (bicyclic) bond motifs is 1. The van der Waals surface area contributed by atoms with Crippen LogP contribution in [-0.2, 0) is 0 Å². The summed E-state index contributed by atoms with van der Waals surface area (Å²) in [5.41, 5.74) is 6.30. The van der Waals surface area contributed by atoms with Crippen molar-refractivity contribution in [2.45, 2.75) is 6.10 Å². The molecule has 0 saturated carbocycles. The van der Waals surface area contributed by atoms with E-state index in [1.165, 1.54) is 6.33 Å². The van der Waals surface area contributed by atoms with Crippen LogP contribution >= 0.6 is 0 Å². The Bertz CT molecular complexity index is 454. The minimum atomic E-state index is -1.05. The molecule has 0 aliphatic heterocycles. The lowest BCUT2D eigenvalue weighted by Gasteiger charge is -2.04. The van der Waals surface area contributed by atoms with E-state index in [9.17, 15) is 5.11 Å². The van der Waals surface area contributed by atoms with Crippen molar-refractivity contribution < 1.29 is 10.2 Å². The number of aromatic amines is 1. The number of rotatable bonds is 2. The second-order valence-electron chi connectivity index (χ2n) is 2.79. The second-order valence-corrected chi connectivity index (χ2v) is 2.79. The zero-order valence-corrected chi connectivity index (χ0v) is 7.18. The van der Waals surface area contributed by atoms with E-state index in [1.807, 2.05) is 0 Å². The van der Waals surface area contributed by atoms with Crippen LogP contribution in [0.3, 0.4) is 0 Å². The van der Waals surface area contributed by atoms with Crippen LogP contribution in [0.25, 0.3) is 11.0 Å². The van der Waals surface area contributed by atoms with Gasteiger partial charge in [-0.3, -0.25) is 5.10 Å². The van der Waals surface area contributed by atoms with Crippen molar-refractivity contribution in [3.8, 4) is 0 Å². The number of nitrogens with zero attached hydrogens (tertiary/aromatic N) is 3. The van der Waals surface area contributed by atoms with Gasteiger partial charge in [-0.2, -0.15) is 5.10 Å². The molecule has 2 aromatic heterocycles. The first-order chi connectivity index (χ1) is 6.74. The summed E-state index contributed by atoms with van der Waals surface area (Å²) >= 11 is 0. The Balaban J connectivity index is 2.67. The number of aliphatic hydroxyl groups is 2. The van der Waals surface area contributed by atoms with Crippen LogP contribution in [0.1, 0.15) is 11.8 Å². The number of aromatic nitrogens is 4. The quantitative estimate of drug-likeness (QED) is 0.485. The van der Waals surface area contributed by atoms with Crippen molar-refractivity contribution in [1.29, 1.82) is 0 Å². The van der Waals surface area contributed by atoms with Crippen molar-refractivity contribution in [2.75, 3.05) is 12.3 Å². The van der Waals surface area contributed by atoms with Gasteiger partial charge in [0.15, 0.2) is 5.65 Å². The molecule has 0 aliphatic rings. The Hall–Kier alpha value is -1.73. The standard InChI is InChI=1S/C7H9N5O2/c8-6-4-5(3(14)1-13)11-12-7(4)10-2-9-6/h2-3,13-14H,1H2,(H3,8,9,10,11,12). The first-order valence-corrected chi connectivity index (χ1v) is 3.97. The van der Waals surface area contributed by atoms with Gasteiger partial charge in [0, 0.05) is 0 Å². The fourth-order valence-corrected chi connectivity index (χ4v) is 1.23. The van der Waals surface area contributed by atoms with Gasteiger partial charge in [-0.25, -0.2) is 9.97 Å². The Labute approximate surface area is 78.6 Å². The molecule has 7 nitrogen and oxygen atoms in total. The van der Waals surface area contributed by atoms with Crippen molar-refractivity contribution in [1.82, 2.24) is 20.2 Å². The number of hydrogen-bond donors (Lipinski definition) is 4. The third kappa shape index (κ3) is 1.19. The predicted molar refractivity (Wildman–Crippen MR) is 48.1 cm³/mol. The van der Waals surface area contributed by atoms with Crippen LogP contribution in [0.15, 0.2) is 6.33 Å². The average molecular weight is 195 g/mol. The highest BCUT2D eigenvalue weighted by Crippen LogP contribution is 2.23. The highest BCUT2D eigenvalue weighted by molar-refractivity contribution is 5.87. The molecular formula is C7H9N5O2. The smallest absolute Gasteiger partial charge is 0.186 e. The number of nitrogens with one attached hydrogen (secondary N) is 1. The number of anilines is 1. The lowest BCUT2D eigenvalue weighted by Crippen LogP contribution is -2.04. The van der Waals surface area contributed by atoms with E-state index in [-0.39, 0.29) is 5.82 Å². The molecule has 0 spiro atoms. The summed E-state index contributed by atoms with van der Waals surface area (Å²) in [7, 11) is 0. The number of H-pyrrole nitrogens is 1. The summed E-state index contributed by atoms with van der Waals surface area (Å²) in [5, 5.41) is 25.0. The van der Waals surface area contributed by atoms with E-state index in [0.29, 0.717) is 16.7 Å². The van der Waals surface area contributed by atoms with Crippen LogP contribution in [0.2, 0.25) is 0 Å². The Kier molecular flexibility index (Phi) is 2.02. The SMILES string of the molecule is Nc1ncnc2n[nH]c(C(O)CO)c12. The fourth-order valence-electron chi connectivity index (χ4n) is 1.23. The van der Waals surface area contributed by atoms with Crippen molar-refractivity contribution in [2.24, 2.45) is 0 Å². The van der Waals surface area contributed by atoms with E-state index in [4.69, 9.17) is 10.8 Å². The van der Waals surface area contributed by atoms with E-state index in [0.717, 1.165) is 0 Å². The predicted octanol–water partition coefficient (Wildman–Crippen LogP) is -1.04. The molecule has 0 bridgehead atoms. The molecular weight excluding hydrogens is 186 g/mol. The molecule has 1 atom stereocenters. The summed E-state index contributed by atoms with van der Waals surface area (Å²) in [4.78, 5) is 7.62.